The number of imidazole rings is 1. The van der Waals surface area contributed by atoms with Gasteiger partial charge >= 0.3 is 0 Å². The van der Waals surface area contributed by atoms with Gasteiger partial charge in [0.15, 0.2) is 3.77 Å². The Balaban J connectivity index is 1.50. The Kier molecular flexibility index (Phi) is 4.57. The van der Waals surface area contributed by atoms with E-state index < -0.39 is 0 Å². The lowest BCUT2D eigenvalue weighted by Crippen LogP contribution is -2.23. The molecule has 0 fully saturated rings. The Morgan fingerprint density at radius 2 is 2.18 bits per heavy atom. The van der Waals surface area contributed by atoms with Gasteiger partial charge in [-0.3, -0.25) is 4.79 Å². The summed E-state index contributed by atoms with van der Waals surface area (Å²) < 4.78 is 6.14. The lowest BCUT2D eigenvalue weighted by molar-refractivity contribution is -0.116. The van der Waals surface area contributed by atoms with E-state index in [0.717, 1.165) is 20.6 Å². The summed E-state index contributed by atoms with van der Waals surface area (Å²) >= 11 is 2.08. The number of furan rings is 1. The van der Waals surface area contributed by atoms with Crippen molar-refractivity contribution in [2.24, 2.45) is 0 Å². The van der Waals surface area contributed by atoms with Crippen LogP contribution in [0.5, 0.6) is 0 Å². The van der Waals surface area contributed by atoms with E-state index in [1.54, 1.807) is 6.08 Å². The third kappa shape index (κ3) is 3.76. The van der Waals surface area contributed by atoms with Crippen LogP contribution in [0.1, 0.15) is 11.6 Å². The fourth-order valence-corrected chi connectivity index (χ4v) is 2.50. The monoisotopic (exact) mass is 407 g/mol. The molecular formula is C16H14IN3O2. The van der Waals surface area contributed by atoms with Crippen molar-refractivity contribution in [1.29, 1.82) is 0 Å². The molecule has 0 atom stereocenters. The van der Waals surface area contributed by atoms with Crippen molar-refractivity contribution >= 4 is 45.6 Å². The first kappa shape index (κ1) is 14.8. The second-order valence-corrected chi connectivity index (χ2v) is 5.78. The van der Waals surface area contributed by atoms with E-state index >= 15 is 0 Å². The number of nitrogens with zero attached hydrogens (tertiary/aromatic N) is 1. The van der Waals surface area contributed by atoms with Gasteiger partial charge in [0.1, 0.15) is 11.6 Å². The van der Waals surface area contributed by atoms with Gasteiger partial charge in [0.2, 0.25) is 5.91 Å². The van der Waals surface area contributed by atoms with E-state index in [4.69, 9.17) is 4.42 Å². The minimum atomic E-state index is -0.150. The standard InChI is InChI=1S/C16H14IN3O2/c17-14-7-5-11(22-14)6-8-16(21)18-10-9-15-19-12-3-1-2-4-13(12)20-15/h1-8H,9-10H2,(H,18,21)(H,19,20)/b8-6+. The maximum atomic E-state index is 11.7. The third-order valence-corrected chi connectivity index (χ3v) is 3.67. The Labute approximate surface area is 141 Å². The molecule has 0 saturated carbocycles. The molecule has 0 aliphatic heterocycles. The van der Waals surface area contributed by atoms with Gasteiger partial charge in [0.05, 0.1) is 11.0 Å². The molecule has 0 unspecified atom stereocenters. The zero-order valence-electron chi connectivity index (χ0n) is 11.7. The Hall–Kier alpha value is -2.09. The molecule has 3 aromatic rings. The van der Waals surface area contributed by atoms with Crippen LogP contribution < -0.4 is 5.32 Å². The number of para-hydroxylation sites is 2. The van der Waals surface area contributed by atoms with E-state index in [1.165, 1.54) is 6.08 Å². The highest BCUT2D eigenvalue weighted by atomic mass is 127. The third-order valence-electron chi connectivity index (χ3n) is 3.09. The van der Waals surface area contributed by atoms with Gasteiger partial charge in [-0.15, -0.1) is 0 Å². The molecule has 112 valence electrons. The highest BCUT2D eigenvalue weighted by molar-refractivity contribution is 14.1. The van der Waals surface area contributed by atoms with Crippen LogP contribution in [-0.4, -0.2) is 22.4 Å². The second kappa shape index (κ2) is 6.78. The number of nitrogens with one attached hydrogen (secondary N) is 2. The molecule has 0 bridgehead atoms. The van der Waals surface area contributed by atoms with Crippen molar-refractivity contribution in [2.45, 2.75) is 6.42 Å². The lowest BCUT2D eigenvalue weighted by atomic mass is 10.3. The number of benzene rings is 1. The maximum absolute atomic E-state index is 11.7. The van der Waals surface area contributed by atoms with Crippen molar-refractivity contribution in [1.82, 2.24) is 15.3 Å². The van der Waals surface area contributed by atoms with Crippen molar-refractivity contribution in [3.63, 3.8) is 0 Å². The Bertz CT molecular complexity index is 787. The van der Waals surface area contributed by atoms with Crippen LogP contribution in [0.15, 0.2) is 46.9 Å². The van der Waals surface area contributed by atoms with Crippen LogP contribution >= 0.6 is 22.6 Å². The average molecular weight is 407 g/mol. The summed E-state index contributed by atoms with van der Waals surface area (Å²) in [6, 6.07) is 11.5. The quantitative estimate of drug-likeness (QED) is 0.505. The molecular weight excluding hydrogens is 393 g/mol. The van der Waals surface area contributed by atoms with Crippen LogP contribution in [0.25, 0.3) is 17.1 Å². The zero-order chi connectivity index (χ0) is 15.4. The molecule has 1 amide bonds. The van der Waals surface area contributed by atoms with Gasteiger partial charge in [0, 0.05) is 19.0 Å². The molecule has 2 heterocycles. The number of amides is 1. The number of carbonyl (C=O) groups excluding carboxylic acids is 1. The summed E-state index contributed by atoms with van der Waals surface area (Å²) in [5.74, 6) is 1.38. The second-order valence-electron chi connectivity index (χ2n) is 4.72. The molecule has 0 aliphatic carbocycles. The van der Waals surface area contributed by atoms with E-state index in [1.807, 2.05) is 36.4 Å². The number of H-pyrrole nitrogens is 1. The molecule has 3 rings (SSSR count). The van der Waals surface area contributed by atoms with Gasteiger partial charge in [-0.05, 0) is 52.9 Å². The van der Waals surface area contributed by atoms with Crippen molar-refractivity contribution in [3.8, 4) is 0 Å². The minimum Gasteiger partial charge on any atom is -0.451 e. The first-order valence-corrected chi connectivity index (χ1v) is 7.93. The Morgan fingerprint density at radius 1 is 1.32 bits per heavy atom. The average Bonchev–Trinajstić information content (AvgIpc) is 3.10. The minimum absolute atomic E-state index is 0.150. The number of hydrogen-bond acceptors (Lipinski definition) is 3. The predicted molar refractivity (Wildman–Crippen MR) is 93.3 cm³/mol. The number of rotatable bonds is 5. The molecule has 2 aromatic heterocycles. The molecule has 1 aromatic carbocycles. The molecule has 0 aliphatic rings. The van der Waals surface area contributed by atoms with Gasteiger partial charge < -0.3 is 14.7 Å². The summed E-state index contributed by atoms with van der Waals surface area (Å²) in [6.45, 7) is 0.526. The number of aromatic amines is 1. The summed E-state index contributed by atoms with van der Waals surface area (Å²) in [7, 11) is 0. The first-order valence-electron chi connectivity index (χ1n) is 6.85. The normalized spacial score (nSPS) is 11.3. The lowest BCUT2D eigenvalue weighted by Gasteiger charge is -1.99. The van der Waals surface area contributed by atoms with Gasteiger partial charge in [0.25, 0.3) is 0 Å². The number of halogens is 1. The van der Waals surface area contributed by atoms with Crippen LogP contribution in [0, 0.1) is 3.77 Å². The molecule has 2 N–H and O–H groups in total. The Morgan fingerprint density at radius 3 is 2.95 bits per heavy atom. The van der Waals surface area contributed by atoms with Gasteiger partial charge in [-0.25, -0.2) is 4.98 Å². The van der Waals surface area contributed by atoms with E-state index in [2.05, 4.69) is 37.9 Å². The van der Waals surface area contributed by atoms with Crippen LogP contribution in [-0.2, 0) is 11.2 Å². The summed E-state index contributed by atoms with van der Waals surface area (Å²) in [4.78, 5) is 19.4. The highest BCUT2D eigenvalue weighted by Gasteiger charge is 2.02. The van der Waals surface area contributed by atoms with Crippen LogP contribution in [0.2, 0.25) is 0 Å². The van der Waals surface area contributed by atoms with Crippen molar-refractivity contribution in [3.05, 3.63) is 57.8 Å². The largest absolute Gasteiger partial charge is 0.451 e. The summed E-state index contributed by atoms with van der Waals surface area (Å²) in [5, 5.41) is 2.82. The SMILES string of the molecule is O=C(/C=C/c1ccc(I)o1)NCCc1nc2ccccc2[nH]1. The van der Waals surface area contributed by atoms with Gasteiger partial charge in [-0.2, -0.15) is 0 Å². The molecule has 22 heavy (non-hydrogen) atoms. The van der Waals surface area contributed by atoms with E-state index in [9.17, 15) is 4.79 Å². The molecule has 0 radical (unpaired) electrons. The number of carbonyl (C=O) groups is 1. The number of aromatic nitrogens is 2. The highest BCUT2D eigenvalue weighted by Crippen LogP contribution is 2.11. The summed E-state index contributed by atoms with van der Waals surface area (Å²) in [5.41, 5.74) is 1.95. The van der Waals surface area contributed by atoms with Crippen LogP contribution in [0.4, 0.5) is 0 Å². The molecule has 6 heteroatoms. The van der Waals surface area contributed by atoms with Crippen LogP contribution in [0.3, 0.4) is 0 Å². The fourth-order valence-electron chi connectivity index (χ4n) is 2.06. The topological polar surface area (TPSA) is 70.9 Å². The van der Waals surface area contributed by atoms with Gasteiger partial charge in [-0.1, -0.05) is 12.1 Å². The zero-order valence-corrected chi connectivity index (χ0v) is 13.8. The predicted octanol–water partition coefficient (Wildman–Crippen LogP) is 3.13. The molecule has 5 nitrogen and oxygen atoms in total. The first-order chi connectivity index (χ1) is 10.7. The maximum Gasteiger partial charge on any atom is 0.244 e. The fraction of sp³-hybridized carbons (Fsp3) is 0.125. The number of hydrogen-bond donors (Lipinski definition) is 2. The van der Waals surface area contributed by atoms with Crippen molar-refractivity contribution in [2.75, 3.05) is 6.54 Å². The van der Waals surface area contributed by atoms with E-state index in [-0.39, 0.29) is 5.91 Å². The smallest absolute Gasteiger partial charge is 0.244 e. The number of fused-ring (bicyclic) bond motifs is 1. The molecule has 0 spiro atoms. The van der Waals surface area contributed by atoms with Crippen molar-refractivity contribution < 1.29 is 9.21 Å². The summed E-state index contributed by atoms with van der Waals surface area (Å²) in [6.07, 6.45) is 3.78. The molecule has 0 saturated heterocycles. The van der Waals surface area contributed by atoms with E-state index in [0.29, 0.717) is 18.7 Å².